The van der Waals surface area contributed by atoms with Gasteiger partial charge in [0.1, 0.15) is 17.7 Å². The fraction of sp³-hybridized carbons (Fsp3) is 0.391. The van der Waals surface area contributed by atoms with Crippen molar-refractivity contribution in [2.75, 3.05) is 26.0 Å². The van der Waals surface area contributed by atoms with Gasteiger partial charge in [0.25, 0.3) is 0 Å². The molecule has 4 rings (SSSR count). The van der Waals surface area contributed by atoms with E-state index < -0.39 is 0 Å². The van der Waals surface area contributed by atoms with Gasteiger partial charge in [-0.25, -0.2) is 14.5 Å². The van der Waals surface area contributed by atoms with E-state index in [4.69, 9.17) is 4.74 Å². The molecule has 9 heteroatoms. The minimum Gasteiger partial charge on any atom is -0.465 e. The van der Waals surface area contributed by atoms with Crippen LogP contribution >= 0.6 is 11.3 Å². The number of hydrogen-bond donors (Lipinski definition) is 1. The summed E-state index contributed by atoms with van der Waals surface area (Å²) in [5.41, 5.74) is 3.58. The third kappa shape index (κ3) is 4.58. The zero-order valence-electron chi connectivity index (χ0n) is 18.5. The van der Waals surface area contributed by atoms with Crippen molar-refractivity contribution in [3.8, 4) is 5.69 Å². The lowest BCUT2D eigenvalue weighted by Gasteiger charge is -2.24. The predicted molar refractivity (Wildman–Crippen MR) is 123 cm³/mol. The maximum atomic E-state index is 12.8. The number of thiophene rings is 1. The number of hydrogen-bond acceptors (Lipinski definition) is 7. The molecule has 32 heavy (non-hydrogen) atoms. The molecule has 0 saturated heterocycles. The summed E-state index contributed by atoms with van der Waals surface area (Å²) in [6.07, 6.45) is 7.11. The van der Waals surface area contributed by atoms with Crippen LogP contribution in [0.3, 0.4) is 0 Å². The summed E-state index contributed by atoms with van der Waals surface area (Å²) in [5, 5.41) is 7.71. The molecule has 8 nitrogen and oxygen atoms in total. The van der Waals surface area contributed by atoms with Crippen LogP contribution in [0.2, 0.25) is 0 Å². The summed E-state index contributed by atoms with van der Waals surface area (Å²) in [4.78, 5) is 32.3. The van der Waals surface area contributed by atoms with Gasteiger partial charge in [-0.15, -0.1) is 11.3 Å². The van der Waals surface area contributed by atoms with Gasteiger partial charge < -0.3 is 10.1 Å². The van der Waals surface area contributed by atoms with Gasteiger partial charge in [0.15, 0.2) is 0 Å². The number of esters is 1. The average Bonchev–Trinajstić information content (AvgIpc) is 3.46. The average molecular weight is 454 g/mol. The Bertz CT molecular complexity index is 1090. The van der Waals surface area contributed by atoms with Gasteiger partial charge in [-0.1, -0.05) is 12.1 Å². The highest BCUT2D eigenvalue weighted by atomic mass is 32.1. The lowest BCUT2D eigenvalue weighted by atomic mass is 9.95. The van der Waals surface area contributed by atoms with E-state index in [1.165, 1.54) is 29.7 Å². The van der Waals surface area contributed by atoms with Crippen molar-refractivity contribution in [2.24, 2.45) is 0 Å². The first-order valence-electron chi connectivity index (χ1n) is 10.7. The first-order valence-corrected chi connectivity index (χ1v) is 11.5. The van der Waals surface area contributed by atoms with E-state index in [0.717, 1.165) is 42.5 Å². The third-order valence-electron chi connectivity index (χ3n) is 5.93. The van der Waals surface area contributed by atoms with Gasteiger partial charge in [-0.3, -0.25) is 9.69 Å². The molecule has 2 heterocycles. The van der Waals surface area contributed by atoms with Crippen LogP contribution in [0.4, 0.5) is 5.00 Å². The Morgan fingerprint density at radius 3 is 2.69 bits per heavy atom. The highest BCUT2D eigenvalue weighted by Crippen LogP contribution is 2.38. The van der Waals surface area contributed by atoms with Crippen LogP contribution in [0.25, 0.3) is 5.69 Å². The molecule has 1 amide bonds. The van der Waals surface area contributed by atoms with E-state index in [-0.39, 0.29) is 24.5 Å². The largest absolute Gasteiger partial charge is 0.465 e. The lowest BCUT2D eigenvalue weighted by Crippen LogP contribution is -2.32. The monoisotopic (exact) mass is 453 g/mol. The van der Waals surface area contributed by atoms with Crippen molar-refractivity contribution in [2.45, 2.75) is 38.6 Å². The van der Waals surface area contributed by atoms with Gasteiger partial charge in [0.2, 0.25) is 5.91 Å². The molecule has 0 spiro atoms. The zero-order chi connectivity index (χ0) is 22.7. The Morgan fingerprint density at radius 1 is 1.25 bits per heavy atom. The number of aromatic nitrogens is 3. The second kappa shape index (κ2) is 9.62. The maximum Gasteiger partial charge on any atom is 0.341 e. The molecule has 0 aliphatic heterocycles. The van der Waals surface area contributed by atoms with Crippen LogP contribution in [0.1, 0.15) is 52.2 Å². The Kier molecular flexibility index (Phi) is 6.66. The van der Waals surface area contributed by atoms with Crippen molar-refractivity contribution in [3.05, 3.63) is 58.5 Å². The van der Waals surface area contributed by atoms with E-state index in [2.05, 4.69) is 22.3 Å². The first-order chi connectivity index (χ1) is 15.5. The Labute approximate surface area is 191 Å². The first kappa shape index (κ1) is 22.2. The second-order valence-corrected chi connectivity index (χ2v) is 9.08. The fourth-order valence-electron chi connectivity index (χ4n) is 4.00. The molecular formula is C23H27N5O3S. The molecule has 0 bridgehead atoms. The number of anilines is 1. The van der Waals surface area contributed by atoms with Crippen molar-refractivity contribution >= 4 is 28.2 Å². The van der Waals surface area contributed by atoms with Gasteiger partial charge in [-0.2, -0.15) is 5.10 Å². The zero-order valence-corrected chi connectivity index (χ0v) is 19.3. The summed E-state index contributed by atoms with van der Waals surface area (Å²) in [6.45, 7) is 2.26. The van der Waals surface area contributed by atoms with Crippen LogP contribution in [0.15, 0.2) is 36.9 Å². The predicted octanol–water partition coefficient (Wildman–Crippen LogP) is 3.63. The minimum absolute atomic E-state index is 0.0298. The molecule has 1 aromatic carbocycles. The highest BCUT2D eigenvalue weighted by Gasteiger charge is 2.27. The van der Waals surface area contributed by atoms with Crippen molar-refractivity contribution in [1.82, 2.24) is 19.7 Å². The fourth-order valence-corrected chi connectivity index (χ4v) is 5.30. The van der Waals surface area contributed by atoms with E-state index in [1.807, 2.05) is 36.2 Å². The van der Waals surface area contributed by atoms with Crippen LogP contribution in [0.5, 0.6) is 0 Å². The smallest absolute Gasteiger partial charge is 0.341 e. The number of methoxy groups -OCH3 is 1. The van der Waals surface area contributed by atoms with Crippen LogP contribution in [0, 0.1) is 0 Å². The number of nitrogens with one attached hydrogen (secondary N) is 1. The quantitative estimate of drug-likeness (QED) is 0.550. The summed E-state index contributed by atoms with van der Waals surface area (Å²) < 4.78 is 6.69. The van der Waals surface area contributed by atoms with Crippen molar-refractivity contribution in [1.29, 1.82) is 0 Å². The van der Waals surface area contributed by atoms with E-state index >= 15 is 0 Å². The number of rotatable bonds is 7. The van der Waals surface area contributed by atoms with Crippen LogP contribution in [-0.4, -0.2) is 52.2 Å². The molecular weight excluding hydrogens is 426 g/mol. The lowest BCUT2D eigenvalue weighted by molar-refractivity contribution is -0.117. The van der Waals surface area contributed by atoms with Crippen molar-refractivity contribution < 1.29 is 14.3 Å². The molecule has 3 aromatic rings. The van der Waals surface area contributed by atoms with Crippen LogP contribution in [-0.2, 0) is 22.4 Å². The number of carbonyl (C=O) groups is 2. The van der Waals surface area contributed by atoms with Gasteiger partial charge in [-0.05, 0) is 62.9 Å². The van der Waals surface area contributed by atoms with Crippen LogP contribution < -0.4 is 5.32 Å². The number of ether oxygens (including phenoxy) is 1. The Morgan fingerprint density at radius 2 is 2.00 bits per heavy atom. The van der Waals surface area contributed by atoms with Gasteiger partial charge in [0.05, 0.1) is 24.9 Å². The Hall–Kier alpha value is -3.04. The second-order valence-electron chi connectivity index (χ2n) is 7.98. The molecule has 1 aliphatic carbocycles. The van der Waals surface area contributed by atoms with E-state index in [9.17, 15) is 9.59 Å². The number of amides is 1. The molecule has 1 aliphatic rings. The molecule has 0 saturated carbocycles. The summed E-state index contributed by atoms with van der Waals surface area (Å²) in [5.74, 6) is -0.531. The number of aryl methyl sites for hydroxylation is 1. The topological polar surface area (TPSA) is 89.4 Å². The van der Waals surface area contributed by atoms with Crippen molar-refractivity contribution in [3.63, 3.8) is 0 Å². The number of likely N-dealkylation sites (N-methyl/N-ethyl adjacent to an activating group) is 1. The number of fused-ring (bicyclic) bond motifs is 1. The SMILES string of the molecule is COC(=O)c1c(NC(=O)CN(C)[C@@H](C)c2ccc(-n3cncn3)cc2)sc2c1CCCC2. The molecule has 1 atom stereocenters. The number of carbonyl (C=O) groups excluding carboxylic acids is 2. The van der Waals surface area contributed by atoms with Gasteiger partial charge >= 0.3 is 5.97 Å². The molecule has 2 aromatic heterocycles. The number of nitrogens with zero attached hydrogens (tertiary/aromatic N) is 4. The standard InChI is InChI=1S/C23H27N5O3S/c1-15(16-8-10-17(11-9-16)28-14-24-13-25-28)27(2)12-20(29)26-22-21(23(30)31-3)18-6-4-5-7-19(18)32-22/h8-11,13-15H,4-7,12H2,1-3H3,(H,26,29)/t15-/m0/s1. The molecule has 0 fully saturated rings. The number of benzene rings is 1. The third-order valence-corrected chi connectivity index (χ3v) is 7.13. The molecule has 0 radical (unpaired) electrons. The molecule has 0 unspecified atom stereocenters. The van der Waals surface area contributed by atoms with E-state index in [1.54, 1.807) is 11.0 Å². The Balaban J connectivity index is 1.43. The minimum atomic E-state index is -0.381. The van der Waals surface area contributed by atoms with Gasteiger partial charge in [0, 0.05) is 10.9 Å². The summed E-state index contributed by atoms with van der Waals surface area (Å²) in [7, 11) is 3.29. The van der Waals surface area contributed by atoms with E-state index in [0.29, 0.717) is 10.6 Å². The molecule has 1 N–H and O–H groups in total. The summed E-state index contributed by atoms with van der Waals surface area (Å²) in [6, 6.07) is 8.04. The molecule has 168 valence electrons. The maximum absolute atomic E-state index is 12.8. The summed E-state index contributed by atoms with van der Waals surface area (Å²) >= 11 is 1.50. The normalized spacial score (nSPS) is 14.1. The highest BCUT2D eigenvalue weighted by molar-refractivity contribution is 7.17.